The fourth-order valence-electron chi connectivity index (χ4n) is 6.59. The molecule has 0 saturated carbocycles. The molecule has 258 valence electrons. The molecule has 2 aromatic carbocycles. The maximum absolute atomic E-state index is 13.5. The number of para-hydroxylation sites is 1. The van der Waals surface area contributed by atoms with Crippen molar-refractivity contribution >= 4 is 50.5 Å². The van der Waals surface area contributed by atoms with Gasteiger partial charge in [-0.3, -0.25) is 14.8 Å². The molecule has 3 aromatic heterocycles. The molecule has 2 amide bonds. The lowest BCUT2D eigenvalue weighted by Gasteiger charge is -2.33. The van der Waals surface area contributed by atoms with E-state index >= 15 is 0 Å². The summed E-state index contributed by atoms with van der Waals surface area (Å²) >= 11 is 1.43. The number of hydrogen-bond acceptors (Lipinski definition) is 9. The summed E-state index contributed by atoms with van der Waals surface area (Å²) in [6.07, 6.45) is 5.59. The summed E-state index contributed by atoms with van der Waals surface area (Å²) in [7, 11) is 0. The number of amides is 2. The number of anilines is 2. The quantitative estimate of drug-likeness (QED) is 0.190. The largest absolute Gasteiger partial charge is 0.476 e. The molecule has 50 heavy (non-hydrogen) atoms. The number of nitrogens with one attached hydrogen (secondary N) is 1. The number of benzene rings is 2. The molecule has 12 nitrogen and oxygen atoms in total. The minimum Gasteiger partial charge on any atom is -0.476 e. The summed E-state index contributed by atoms with van der Waals surface area (Å²) in [5, 5.41) is 18.3. The number of carbonyl (C=O) groups is 3. The Hall–Kier alpha value is -5.30. The third-order valence-corrected chi connectivity index (χ3v) is 10.0. The van der Waals surface area contributed by atoms with Crippen LogP contribution < -0.4 is 10.2 Å². The van der Waals surface area contributed by atoms with Gasteiger partial charge < -0.3 is 19.6 Å². The molecule has 0 radical (unpaired) electrons. The summed E-state index contributed by atoms with van der Waals surface area (Å²) in [5.41, 5.74) is 3.94. The number of carbonyl (C=O) groups excluding carboxylic acids is 2. The molecule has 1 fully saturated rings. The smallest absolute Gasteiger partial charge is 0.410 e. The highest BCUT2D eigenvalue weighted by atomic mass is 32.1. The van der Waals surface area contributed by atoms with E-state index in [0.717, 1.165) is 34.2 Å². The molecule has 13 heteroatoms. The number of rotatable bonds is 7. The molecule has 5 heterocycles. The first-order valence-electron chi connectivity index (χ1n) is 16.8. The highest BCUT2D eigenvalue weighted by molar-refractivity contribution is 7.22. The predicted octanol–water partition coefficient (Wildman–Crippen LogP) is 6.72. The van der Waals surface area contributed by atoms with E-state index in [1.54, 1.807) is 17.2 Å². The van der Waals surface area contributed by atoms with E-state index in [4.69, 9.17) is 4.74 Å². The molecule has 0 atom stereocenters. The van der Waals surface area contributed by atoms with Crippen LogP contribution in [0.3, 0.4) is 0 Å². The lowest BCUT2D eigenvalue weighted by molar-refractivity contribution is 0.0177. The van der Waals surface area contributed by atoms with Crippen LogP contribution in [0.15, 0.2) is 67.0 Å². The SMILES string of the molecule is CC(C)(C)OC(=O)N1CCC(Cn2cc(-c3ccc(N4CCc5cccc(C(=O)Nc6nc7ccccc7s6)c5C4)nc3C(=O)O)cn2)CC1. The Morgan fingerprint density at radius 1 is 1.00 bits per heavy atom. The zero-order valence-electron chi connectivity index (χ0n) is 28.3. The Bertz CT molecular complexity index is 2040. The lowest BCUT2D eigenvalue weighted by atomic mass is 9.94. The molecule has 5 aromatic rings. The minimum atomic E-state index is -1.13. The number of aromatic nitrogens is 4. The monoisotopic (exact) mass is 693 g/mol. The van der Waals surface area contributed by atoms with Gasteiger partial charge in [-0.1, -0.05) is 35.6 Å². The molecule has 2 aliphatic rings. The van der Waals surface area contributed by atoms with Crippen LogP contribution in [-0.4, -0.2) is 73.0 Å². The molecule has 2 aliphatic heterocycles. The lowest BCUT2D eigenvalue weighted by Crippen LogP contribution is -2.42. The molecule has 0 bridgehead atoms. The molecule has 0 unspecified atom stereocenters. The standard InChI is InChI=1S/C37H39N7O5S/c1-37(2,3)49-36(48)42-16-13-23(14-17-42)20-44-21-25(19-38-44)26-11-12-31(40-32(26)34(46)47)43-18-15-24-7-6-8-27(28(24)22-43)33(45)41-35-39-29-9-4-5-10-30(29)50-35/h4-12,19,21,23H,13-18,20,22H2,1-3H3,(H,46,47)(H,39,41,45). The van der Waals surface area contributed by atoms with Crippen molar-refractivity contribution in [1.82, 2.24) is 24.6 Å². The van der Waals surface area contributed by atoms with Gasteiger partial charge in [-0.05, 0) is 87.4 Å². The van der Waals surface area contributed by atoms with Crippen LogP contribution in [0.25, 0.3) is 21.3 Å². The molecule has 1 saturated heterocycles. The number of fused-ring (bicyclic) bond motifs is 2. The van der Waals surface area contributed by atoms with Crippen LogP contribution in [0.5, 0.6) is 0 Å². The van der Waals surface area contributed by atoms with Crippen LogP contribution in [0, 0.1) is 5.92 Å². The van der Waals surface area contributed by atoms with Gasteiger partial charge in [0.05, 0.1) is 16.4 Å². The summed E-state index contributed by atoms with van der Waals surface area (Å²) in [6, 6.07) is 17.1. The molecular formula is C37H39N7O5S. The van der Waals surface area contributed by atoms with Crippen LogP contribution in [0.4, 0.5) is 15.7 Å². The van der Waals surface area contributed by atoms with Crippen molar-refractivity contribution < 1.29 is 24.2 Å². The van der Waals surface area contributed by atoms with E-state index in [1.807, 2.05) is 85.1 Å². The average molecular weight is 694 g/mol. The fourth-order valence-corrected chi connectivity index (χ4v) is 7.45. The van der Waals surface area contributed by atoms with Crippen LogP contribution in [0.1, 0.15) is 65.6 Å². The van der Waals surface area contributed by atoms with Gasteiger partial charge in [0.2, 0.25) is 0 Å². The van der Waals surface area contributed by atoms with Crippen molar-refractivity contribution in [3.63, 3.8) is 0 Å². The van der Waals surface area contributed by atoms with Gasteiger partial charge in [-0.2, -0.15) is 5.10 Å². The zero-order valence-corrected chi connectivity index (χ0v) is 29.1. The maximum atomic E-state index is 13.5. The van der Waals surface area contributed by atoms with Gasteiger partial charge in [-0.15, -0.1) is 0 Å². The first kappa shape index (κ1) is 33.2. The van der Waals surface area contributed by atoms with Crippen molar-refractivity contribution in [1.29, 1.82) is 0 Å². The fraction of sp³-hybridized carbons (Fsp3) is 0.351. The van der Waals surface area contributed by atoms with E-state index in [9.17, 15) is 19.5 Å². The van der Waals surface area contributed by atoms with Gasteiger partial charge in [0.25, 0.3) is 5.91 Å². The number of pyridine rings is 1. The highest BCUT2D eigenvalue weighted by Crippen LogP contribution is 2.31. The number of aromatic carboxylic acids is 1. The van der Waals surface area contributed by atoms with Gasteiger partial charge in [0, 0.05) is 55.6 Å². The normalized spacial score (nSPS) is 15.2. The average Bonchev–Trinajstić information content (AvgIpc) is 3.73. The molecule has 0 spiro atoms. The number of carboxylic acids is 1. The van der Waals surface area contributed by atoms with Crippen molar-refractivity contribution in [2.45, 2.75) is 58.7 Å². The first-order valence-corrected chi connectivity index (χ1v) is 17.6. The van der Waals surface area contributed by atoms with Gasteiger partial charge in [0.15, 0.2) is 10.8 Å². The number of ether oxygens (including phenoxy) is 1. The van der Waals surface area contributed by atoms with Gasteiger partial charge in [0.1, 0.15) is 11.4 Å². The van der Waals surface area contributed by atoms with E-state index in [-0.39, 0.29) is 17.7 Å². The van der Waals surface area contributed by atoms with E-state index in [0.29, 0.717) is 72.7 Å². The number of carboxylic acid groups (broad SMARTS) is 1. The summed E-state index contributed by atoms with van der Waals surface area (Å²) < 4.78 is 8.35. The van der Waals surface area contributed by atoms with Crippen LogP contribution in [0.2, 0.25) is 0 Å². The summed E-state index contributed by atoms with van der Waals surface area (Å²) in [5.74, 6) is -0.501. The summed E-state index contributed by atoms with van der Waals surface area (Å²) in [6.45, 7) is 8.55. The second-order valence-electron chi connectivity index (χ2n) is 13.8. The second kappa shape index (κ2) is 13.5. The molecule has 0 aliphatic carbocycles. The number of likely N-dealkylation sites (tertiary alicyclic amines) is 1. The van der Waals surface area contributed by atoms with Crippen molar-refractivity contribution in [2.24, 2.45) is 5.92 Å². The van der Waals surface area contributed by atoms with Gasteiger partial charge in [-0.25, -0.2) is 19.6 Å². The Morgan fingerprint density at radius 3 is 2.56 bits per heavy atom. The van der Waals surface area contributed by atoms with Crippen molar-refractivity contribution in [2.75, 3.05) is 29.9 Å². The number of thiazole rings is 1. The Balaban J connectivity index is 1.04. The Labute approximate surface area is 293 Å². The molecule has 7 rings (SSSR count). The number of hydrogen-bond donors (Lipinski definition) is 2. The number of piperidine rings is 1. The topological polar surface area (TPSA) is 143 Å². The molecule has 2 N–H and O–H groups in total. The van der Waals surface area contributed by atoms with E-state index < -0.39 is 11.6 Å². The summed E-state index contributed by atoms with van der Waals surface area (Å²) in [4.78, 5) is 51.4. The van der Waals surface area contributed by atoms with E-state index in [1.165, 1.54) is 11.3 Å². The Kier molecular flexibility index (Phi) is 9.00. The Morgan fingerprint density at radius 2 is 1.80 bits per heavy atom. The minimum absolute atomic E-state index is 0.0552. The zero-order chi connectivity index (χ0) is 35.0. The third kappa shape index (κ3) is 7.18. The van der Waals surface area contributed by atoms with Gasteiger partial charge >= 0.3 is 12.1 Å². The van der Waals surface area contributed by atoms with Crippen LogP contribution in [-0.2, 0) is 24.2 Å². The third-order valence-electron chi connectivity index (χ3n) is 9.09. The van der Waals surface area contributed by atoms with Crippen molar-refractivity contribution in [3.8, 4) is 11.1 Å². The number of nitrogens with zero attached hydrogens (tertiary/aromatic N) is 6. The predicted molar refractivity (Wildman–Crippen MR) is 192 cm³/mol. The maximum Gasteiger partial charge on any atom is 0.410 e. The molecular weight excluding hydrogens is 655 g/mol. The first-order chi connectivity index (χ1) is 24.0. The highest BCUT2D eigenvalue weighted by Gasteiger charge is 2.28. The second-order valence-corrected chi connectivity index (χ2v) is 14.8. The van der Waals surface area contributed by atoms with Crippen LogP contribution >= 0.6 is 11.3 Å². The van der Waals surface area contributed by atoms with Crippen molar-refractivity contribution in [3.05, 3.63) is 89.4 Å². The van der Waals surface area contributed by atoms with E-state index in [2.05, 4.69) is 20.4 Å².